The first-order chi connectivity index (χ1) is 7.81. The number of rotatable bonds is 9. The molecule has 0 saturated heterocycles. The molecule has 17 heavy (non-hydrogen) atoms. The zero-order chi connectivity index (χ0) is 13.3. The summed E-state index contributed by atoms with van der Waals surface area (Å²) >= 11 is 0. The van der Waals surface area contributed by atoms with Gasteiger partial charge in [0.25, 0.3) is 0 Å². The van der Waals surface area contributed by atoms with E-state index >= 15 is 0 Å². The van der Waals surface area contributed by atoms with Gasteiger partial charge in [0.1, 0.15) is 0 Å². The van der Waals surface area contributed by atoms with E-state index in [2.05, 4.69) is 10.1 Å². The van der Waals surface area contributed by atoms with Crippen LogP contribution in [0.4, 0.5) is 13.2 Å². The van der Waals surface area contributed by atoms with E-state index in [1.807, 2.05) is 6.92 Å². The van der Waals surface area contributed by atoms with Crippen LogP contribution in [0.25, 0.3) is 0 Å². The lowest BCUT2D eigenvalue weighted by molar-refractivity contribution is -0.323. The quantitative estimate of drug-likeness (QED) is 0.620. The first-order valence-electron chi connectivity index (χ1n) is 5.44. The van der Waals surface area contributed by atoms with Crippen LogP contribution in [0.3, 0.4) is 0 Å². The number of nitrogens with one attached hydrogen (secondary N) is 1. The molecule has 0 aromatic heterocycles. The third kappa shape index (κ3) is 13.1. The van der Waals surface area contributed by atoms with Crippen molar-refractivity contribution in [3.8, 4) is 0 Å². The Morgan fingerprint density at radius 1 is 1.35 bits per heavy atom. The molecule has 7 heteroatoms. The maximum atomic E-state index is 11.6. The molecule has 0 fully saturated rings. The SMILES string of the molecule is CC(CCNCCOC(F)(F)F)CCC(=O)O. The van der Waals surface area contributed by atoms with Crippen molar-refractivity contribution in [2.75, 3.05) is 19.7 Å². The van der Waals surface area contributed by atoms with E-state index in [-0.39, 0.29) is 18.9 Å². The number of carboxylic acids is 1. The molecule has 102 valence electrons. The van der Waals surface area contributed by atoms with Crippen LogP contribution in [0.15, 0.2) is 0 Å². The summed E-state index contributed by atoms with van der Waals surface area (Å²) in [5.41, 5.74) is 0. The van der Waals surface area contributed by atoms with E-state index in [1.54, 1.807) is 0 Å². The van der Waals surface area contributed by atoms with Crippen LogP contribution >= 0.6 is 0 Å². The summed E-state index contributed by atoms with van der Waals surface area (Å²) in [5, 5.41) is 11.2. The van der Waals surface area contributed by atoms with Crippen molar-refractivity contribution in [2.45, 2.75) is 32.5 Å². The van der Waals surface area contributed by atoms with Crippen molar-refractivity contribution in [3.05, 3.63) is 0 Å². The van der Waals surface area contributed by atoms with E-state index in [1.165, 1.54) is 0 Å². The first-order valence-corrected chi connectivity index (χ1v) is 5.44. The Hall–Kier alpha value is -0.820. The molecule has 0 saturated carbocycles. The molecule has 0 aliphatic rings. The fourth-order valence-electron chi connectivity index (χ4n) is 1.23. The van der Waals surface area contributed by atoms with Gasteiger partial charge in [-0.05, 0) is 25.3 Å². The Morgan fingerprint density at radius 3 is 2.53 bits per heavy atom. The standard InChI is InChI=1S/C10H18F3NO3/c1-8(2-3-9(15)16)4-5-14-6-7-17-10(11,12)13/h8,14H,2-7H2,1H3,(H,15,16). The first kappa shape index (κ1) is 16.2. The van der Waals surface area contributed by atoms with E-state index in [0.29, 0.717) is 13.0 Å². The normalized spacial score (nSPS) is 13.6. The molecule has 0 aliphatic carbocycles. The Morgan fingerprint density at radius 2 is 2.00 bits per heavy atom. The fraction of sp³-hybridized carbons (Fsp3) is 0.900. The van der Waals surface area contributed by atoms with E-state index < -0.39 is 18.9 Å². The number of carboxylic acid groups (broad SMARTS) is 1. The lowest BCUT2D eigenvalue weighted by Gasteiger charge is -2.11. The Kier molecular flexibility index (Phi) is 7.90. The van der Waals surface area contributed by atoms with Gasteiger partial charge < -0.3 is 10.4 Å². The van der Waals surface area contributed by atoms with Crippen LogP contribution < -0.4 is 5.32 Å². The maximum Gasteiger partial charge on any atom is 0.522 e. The number of alkyl halides is 3. The summed E-state index contributed by atoms with van der Waals surface area (Å²) in [6.45, 7) is 2.19. The molecular weight excluding hydrogens is 239 g/mol. The highest BCUT2D eigenvalue weighted by atomic mass is 19.4. The van der Waals surface area contributed by atoms with Gasteiger partial charge in [0.2, 0.25) is 0 Å². The molecule has 0 radical (unpaired) electrons. The van der Waals surface area contributed by atoms with Gasteiger partial charge in [-0.3, -0.25) is 9.53 Å². The molecule has 4 nitrogen and oxygen atoms in total. The van der Waals surface area contributed by atoms with Gasteiger partial charge in [-0.2, -0.15) is 0 Å². The Labute approximate surface area is 98.1 Å². The molecule has 0 aromatic carbocycles. The molecule has 0 amide bonds. The van der Waals surface area contributed by atoms with E-state index in [9.17, 15) is 18.0 Å². The predicted molar refractivity (Wildman–Crippen MR) is 55.5 cm³/mol. The van der Waals surface area contributed by atoms with Gasteiger partial charge in [-0.1, -0.05) is 6.92 Å². The molecule has 0 aromatic rings. The topological polar surface area (TPSA) is 58.6 Å². The average Bonchev–Trinajstić information content (AvgIpc) is 2.18. The van der Waals surface area contributed by atoms with Crippen LogP contribution in [-0.2, 0) is 9.53 Å². The van der Waals surface area contributed by atoms with E-state index in [0.717, 1.165) is 6.42 Å². The third-order valence-electron chi connectivity index (χ3n) is 2.21. The van der Waals surface area contributed by atoms with Crippen LogP contribution in [0.5, 0.6) is 0 Å². The lowest BCUT2D eigenvalue weighted by Crippen LogP contribution is -2.25. The summed E-state index contributed by atoms with van der Waals surface area (Å²) in [6.07, 6.45) is -3.13. The number of aliphatic carboxylic acids is 1. The number of hydrogen-bond acceptors (Lipinski definition) is 3. The van der Waals surface area contributed by atoms with Crippen molar-refractivity contribution < 1.29 is 27.8 Å². The third-order valence-corrected chi connectivity index (χ3v) is 2.21. The maximum absolute atomic E-state index is 11.6. The molecule has 1 unspecified atom stereocenters. The van der Waals surface area contributed by atoms with Gasteiger partial charge in [0.05, 0.1) is 6.61 Å². The summed E-state index contributed by atoms with van der Waals surface area (Å²) in [5.74, 6) is -0.592. The summed E-state index contributed by atoms with van der Waals surface area (Å²) in [4.78, 5) is 10.3. The van der Waals surface area contributed by atoms with Crippen LogP contribution in [-0.4, -0.2) is 37.1 Å². The number of halogens is 3. The second-order valence-corrected chi connectivity index (χ2v) is 3.87. The zero-order valence-corrected chi connectivity index (χ0v) is 9.72. The van der Waals surface area contributed by atoms with Gasteiger partial charge in [-0.25, -0.2) is 0 Å². The second-order valence-electron chi connectivity index (χ2n) is 3.87. The van der Waals surface area contributed by atoms with Crippen LogP contribution in [0.1, 0.15) is 26.2 Å². The lowest BCUT2D eigenvalue weighted by atomic mass is 10.0. The fourth-order valence-corrected chi connectivity index (χ4v) is 1.23. The molecule has 0 spiro atoms. The van der Waals surface area contributed by atoms with Gasteiger partial charge in [0, 0.05) is 13.0 Å². The molecule has 0 aliphatic heterocycles. The molecule has 0 bridgehead atoms. The van der Waals surface area contributed by atoms with E-state index in [4.69, 9.17) is 5.11 Å². The molecule has 0 rings (SSSR count). The van der Waals surface area contributed by atoms with Gasteiger partial charge in [0.15, 0.2) is 0 Å². The Bertz CT molecular complexity index is 221. The van der Waals surface area contributed by atoms with Crippen LogP contribution in [0.2, 0.25) is 0 Å². The highest BCUT2D eigenvalue weighted by Gasteiger charge is 2.28. The zero-order valence-electron chi connectivity index (χ0n) is 9.72. The minimum absolute atomic E-state index is 0.123. The van der Waals surface area contributed by atoms with Gasteiger partial charge >= 0.3 is 12.3 Å². The summed E-state index contributed by atoms with van der Waals surface area (Å²) < 4.78 is 38.3. The Balaban J connectivity index is 3.30. The van der Waals surface area contributed by atoms with Crippen molar-refractivity contribution in [3.63, 3.8) is 0 Å². The minimum atomic E-state index is -4.57. The minimum Gasteiger partial charge on any atom is -0.481 e. The van der Waals surface area contributed by atoms with Crippen molar-refractivity contribution >= 4 is 5.97 Å². The van der Waals surface area contributed by atoms with Crippen molar-refractivity contribution in [1.29, 1.82) is 0 Å². The van der Waals surface area contributed by atoms with Crippen LogP contribution in [0, 0.1) is 5.92 Å². The molecular formula is C10H18F3NO3. The molecule has 2 N–H and O–H groups in total. The summed E-state index contributed by atoms with van der Waals surface area (Å²) in [6, 6.07) is 0. The number of ether oxygens (including phenoxy) is 1. The summed E-state index contributed by atoms with van der Waals surface area (Å²) in [7, 11) is 0. The monoisotopic (exact) mass is 257 g/mol. The molecule has 0 heterocycles. The predicted octanol–water partition coefficient (Wildman–Crippen LogP) is 2.00. The largest absolute Gasteiger partial charge is 0.522 e. The van der Waals surface area contributed by atoms with Crippen molar-refractivity contribution in [1.82, 2.24) is 5.32 Å². The van der Waals surface area contributed by atoms with Gasteiger partial charge in [-0.15, -0.1) is 13.2 Å². The highest BCUT2D eigenvalue weighted by molar-refractivity contribution is 5.66. The molecule has 1 atom stereocenters. The second kappa shape index (κ2) is 8.30. The van der Waals surface area contributed by atoms with Crippen molar-refractivity contribution in [2.24, 2.45) is 5.92 Å². The highest BCUT2D eigenvalue weighted by Crippen LogP contribution is 2.15. The average molecular weight is 257 g/mol. The smallest absolute Gasteiger partial charge is 0.481 e. The number of carbonyl (C=O) groups is 1. The number of hydrogen-bond donors (Lipinski definition) is 2.